The lowest BCUT2D eigenvalue weighted by Crippen LogP contribution is -2.20. The lowest BCUT2D eigenvalue weighted by Gasteiger charge is -2.15. The average molecular weight is 312 g/mol. The largest absolute Gasteiger partial charge is 0.468 e. The molecular weight excluding hydrogens is 297 g/mol. The van der Waals surface area contributed by atoms with Crippen molar-refractivity contribution in [3.8, 4) is 0 Å². The monoisotopic (exact) mass is 311 g/mol. The van der Waals surface area contributed by atoms with Gasteiger partial charge in [0.15, 0.2) is 0 Å². The van der Waals surface area contributed by atoms with E-state index in [9.17, 15) is 4.39 Å². The summed E-state index contributed by atoms with van der Waals surface area (Å²) >= 11 is 3.35. The molecular formula is C14H15BrFNO. The Bertz CT molecular complexity index is 499. The van der Waals surface area contributed by atoms with Crippen molar-refractivity contribution in [1.82, 2.24) is 5.32 Å². The molecule has 0 spiro atoms. The minimum absolute atomic E-state index is 0.110. The molecule has 1 N–H and O–H groups in total. The first-order valence-corrected chi connectivity index (χ1v) is 6.70. The summed E-state index contributed by atoms with van der Waals surface area (Å²) in [7, 11) is 0. The third-order valence-corrected chi connectivity index (χ3v) is 3.33. The van der Waals surface area contributed by atoms with Crippen LogP contribution in [0.15, 0.2) is 45.5 Å². The predicted molar refractivity (Wildman–Crippen MR) is 72.7 cm³/mol. The van der Waals surface area contributed by atoms with Gasteiger partial charge in [0.25, 0.3) is 0 Å². The van der Waals surface area contributed by atoms with Gasteiger partial charge in [0.1, 0.15) is 11.6 Å². The standard InChI is InChI=1S/C14H15BrFNO/c1-2-13(14-4-3-7-18-14)17-9-10-8-11(15)5-6-12(10)16/h3-8,13,17H,2,9H2,1H3. The molecule has 1 aromatic carbocycles. The van der Waals surface area contributed by atoms with Crippen LogP contribution in [-0.4, -0.2) is 0 Å². The van der Waals surface area contributed by atoms with Gasteiger partial charge in [-0.2, -0.15) is 0 Å². The van der Waals surface area contributed by atoms with Gasteiger partial charge in [-0.05, 0) is 36.8 Å². The van der Waals surface area contributed by atoms with Crippen LogP contribution in [0.25, 0.3) is 0 Å². The van der Waals surface area contributed by atoms with E-state index in [1.54, 1.807) is 18.4 Å². The van der Waals surface area contributed by atoms with Gasteiger partial charge in [-0.15, -0.1) is 0 Å². The highest BCUT2D eigenvalue weighted by atomic mass is 79.9. The Morgan fingerprint density at radius 3 is 2.89 bits per heavy atom. The zero-order valence-corrected chi connectivity index (χ0v) is 11.7. The summed E-state index contributed by atoms with van der Waals surface area (Å²) in [6, 6.07) is 8.85. The predicted octanol–water partition coefficient (Wildman–Crippen LogP) is 4.42. The van der Waals surface area contributed by atoms with Gasteiger partial charge < -0.3 is 9.73 Å². The van der Waals surface area contributed by atoms with E-state index >= 15 is 0 Å². The van der Waals surface area contributed by atoms with Gasteiger partial charge in [0.2, 0.25) is 0 Å². The minimum Gasteiger partial charge on any atom is -0.468 e. The molecule has 0 aliphatic rings. The van der Waals surface area contributed by atoms with E-state index in [2.05, 4.69) is 28.2 Å². The summed E-state index contributed by atoms with van der Waals surface area (Å²) in [5.74, 6) is 0.688. The number of halogens is 2. The molecule has 0 amide bonds. The van der Waals surface area contributed by atoms with Crippen LogP contribution in [0.2, 0.25) is 0 Å². The molecule has 0 aliphatic heterocycles. The lowest BCUT2D eigenvalue weighted by atomic mass is 10.1. The zero-order chi connectivity index (χ0) is 13.0. The van der Waals surface area contributed by atoms with E-state index in [4.69, 9.17) is 4.42 Å². The molecule has 96 valence electrons. The van der Waals surface area contributed by atoms with Crippen molar-refractivity contribution < 1.29 is 8.81 Å². The Hall–Kier alpha value is -1.13. The second-order valence-corrected chi connectivity index (χ2v) is 5.01. The molecule has 2 nitrogen and oxygen atoms in total. The van der Waals surface area contributed by atoms with Crippen LogP contribution in [0.5, 0.6) is 0 Å². The lowest BCUT2D eigenvalue weighted by molar-refractivity contribution is 0.400. The molecule has 1 aromatic heterocycles. The SMILES string of the molecule is CCC(NCc1cc(Br)ccc1F)c1ccco1. The van der Waals surface area contributed by atoms with E-state index in [1.165, 1.54) is 6.07 Å². The highest BCUT2D eigenvalue weighted by molar-refractivity contribution is 9.10. The normalized spacial score (nSPS) is 12.6. The van der Waals surface area contributed by atoms with E-state index in [0.29, 0.717) is 12.1 Å². The maximum absolute atomic E-state index is 13.6. The Labute approximate surface area is 114 Å². The highest BCUT2D eigenvalue weighted by Gasteiger charge is 2.12. The summed E-state index contributed by atoms with van der Waals surface area (Å²) in [6.45, 7) is 2.54. The number of hydrogen-bond donors (Lipinski definition) is 1. The molecule has 2 aromatic rings. The number of furan rings is 1. The Balaban J connectivity index is 2.04. The van der Waals surface area contributed by atoms with Gasteiger partial charge in [0.05, 0.1) is 12.3 Å². The first-order valence-electron chi connectivity index (χ1n) is 5.91. The maximum atomic E-state index is 13.6. The van der Waals surface area contributed by atoms with Crippen LogP contribution >= 0.6 is 15.9 Å². The van der Waals surface area contributed by atoms with Crippen molar-refractivity contribution in [2.24, 2.45) is 0 Å². The van der Waals surface area contributed by atoms with Crippen molar-refractivity contribution in [2.75, 3.05) is 0 Å². The first kappa shape index (κ1) is 13.3. The van der Waals surface area contributed by atoms with Crippen molar-refractivity contribution >= 4 is 15.9 Å². The quantitative estimate of drug-likeness (QED) is 0.884. The number of nitrogens with one attached hydrogen (secondary N) is 1. The molecule has 0 fully saturated rings. The fourth-order valence-corrected chi connectivity index (χ4v) is 2.26. The van der Waals surface area contributed by atoms with E-state index in [-0.39, 0.29) is 11.9 Å². The van der Waals surface area contributed by atoms with Gasteiger partial charge >= 0.3 is 0 Å². The molecule has 0 saturated heterocycles. The highest BCUT2D eigenvalue weighted by Crippen LogP contribution is 2.19. The van der Waals surface area contributed by atoms with E-state index < -0.39 is 0 Å². The van der Waals surface area contributed by atoms with Crippen LogP contribution in [0.4, 0.5) is 4.39 Å². The molecule has 0 radical (unpaired) electrons. The fraction of sp³-hybridized carbons (Fsp3) is 0.286. The maximum Gasteiger partial charge on any atom is 0.127 e. The second kappa shape index (κ2) is 6.16. The molecule has 0 aliphatic carbocycles. The second-order valence-electron chi connectivity index (χ2n) is 4.09. The molecule has 0 saturated carbocycles. The van der Waals surface area contributed by atoms with Crippen molar-refractivity contribution in [2.45, 2.75) is 25.9 Å². The van der Waals surface area contributed by atoms with Crippen LogP contribution < -0.4 is 5.32 Å². The Morgan fingerprint density at radius 1 is 1.39 bits per heavy atom. The molecule has 1 unspecified atom stereocenters. The minimum atomic E-state index is -0.194. The Kier molecular flexibility index (Phi) is 4.55. The van der Waals surface area contributed by atoms with Crippen LogP contribution in [-0.2, 0) is 6.54 Å². The van der Waals surface area contributed by atoms with Gasteiger partial charge in [0, 0.05) is 16.6 Å². The van der Waals surface area contributed by atoms with Crippen LogP contribution in [0.3, 0.4) is 0 Å². The van der Waals surface area contributed by atoms with E-state index in [1.807, 2.05) is 12.1 Å². The van der Waals surface area contributed by atoms with Crippen LogP contribution in [0, 0.1) is 5.82 Å². The number of rotatable bonds is 5. The smallest absolute Gasteiger partial charge is 0.127 e. The van der Waals surface area contributed by atoms with Crippen molar-refractivity contribution in [3.63, 3.8) is 0 Å². The van der Waals surface area contributed by atoms with Crippen molar-refractivity contribution in [1.29, 1.82) is 0 Å². The van der Waals surface area contributed by atoms with Crippen molar-refractivity contribution in [3.05, 3.63) is 58.2 Å². The third kappa shape index (κ3) is 3.21. The summed E-state index contributed by atoms with van der Waals surface area (Å²) < 4.78 is 19.8. The molecule has 1 heterocycles. The van der Waals surface area contributed by atoms with E-state index in [0.717, 1.165) is 16.7 Å². The topological polar surface area (TPSA) is 25.2 Å². The molecule has 4 heteroatoms. The molecule has 1 atom stereocenters. The zero-order valence-electron chi connectivity index (χ0n) is 10.1. The number of hydrogen-bond acceptors (Lipinski definition) is 2. The fourth-order valence-electron chi connectivity index (χ4n) is 1.85. The molecule has 18 heavy (non-hydrogen) atoms. The summed E-state index contributed by atoms with van der Waals surface area (Å²) in [6.07, 6.45) is 2.54. The average Bonchev–Trinajstić information content (AvgIpc) is 2.88. The summed E-state index contributed by atoms with van der Waals surface area (Å²) in [4.78, 5) is 0. The molecule has 2 rings (SSSR count). The number of benzene rings is 1. The summed E-state index contributed by atoms with van der Waals surface area (Å²) in [5.41, 5.74) is 0.648. The summed E-state index contributed by atoms with van der Waals surface area (Å²) in [5, 5.41) is 3.30. The van der Waals surface area contributed by atoms with Gasteiger partial charge in [-0.3, -0.25) is 0 Å². The molecule has 0 bridgehead atoms. The van der Waals surface area contributed by atoms with Gasteiger partial charge in [-0.25, -0.2) is 4.39 Å². The third-order valence-electron chi connectivity index (χ3n) is 2.84. The Morgan fingerprint density at radius 2 is 2.22 bits per heavy atom. The van der Waals surface area contributed by atoms with Gasteiger partial charge in [-0.1, -0.05) is 22.9 Å². The first-order chi connectivity index (χ1) is 8.70. The van der Waals surface area contributed by atoms with Crippen LogP contribution in [0.1, 0.15) is 30.7 Å².